The molecule has 10 heteroatoms. The average Bonchev–Trinajstić information content (AvgIpc) is 2.73. The van der Waals surface area contributed by atoms with E-state index in [2.05, 4.69) is 10.3 Å². The van der Waals surface area contributed by atoms with E-state index in [0.29, 0.717) is 11.4 Å². The van der Waals surface area contributed by atoms with E-state index in [4.69, 9.17) is 10.5 Å². The van der Waals surface area contributed by atoms with Crippen molar-refractivity contribution in [2.45, 2.75) is 26.9 Å². The number of aromatic nitrogens is 1. The molecule has 174 valence electrons. The van der Waals surface area contributed by atoms with Crippen LogP contribution in [0.4, 0.5) is 10.6 Å². The SMILES string of the molecule is Cc1cc(CC(CP(=O)(O)CC(C)CNC(=O)OCc2ccccc2)C(=O)O)cnc1N. The van der Waals surface area contributed by atoms with Gasteiger partial charge in [0.2, 0.25) is 7.37 Å². The van der Waals surface area contributed by atoms with Crippen LogP contribution in [0.3, 0.4) is 0 Å². The summed E-state index contributed by atoms with van der Waals surface area (Å²) in [4.78, 5) is 37.9. The molecule has 32 heavy (non-hydrogen) atoms. The second kappa shape index (κ2) is 11.6. The number of ether oxygens (including phenoxy) is 1. The summed E-state index contributed by atoms with van der Waals surface area (Å²) in [6.45, 7) is 3.73. The van der Waals surface area contributed by atoms with Crippen molar-refractivity contribution in [2.24, 2.45) is 11.8 Å². The molecule has 0 bridgehead atoms. The molecule has 0 fully saturated rings. The Labute approximate surface area is 187 Å². The minimum atomic E-state index is -3.76. The normalized spacial score (nSPS) is 14.7. The third-order valence-electron chi connectivity index (χ3n) is 4.92. The number of pyridine rings is 1. The zero-order valence-electron chi connectivity index (χ0n) is 18.2. The Bertz CT molecular complexity index is 969. The van der Waals surface area contributed by atoms with Gasteiger partial charge in [0.1, 0.15) is 12.4 Å². The van der Waals surface area contributed by atoms with Crippen LogP contribution in [0.25, 0.3) is 0 Å². The van der Waals surface area contributed by atoms with Crippen LogP contribution in [0.15, 0.2) is 42.6 Å². The Balaban J connectivity index is 1.83. The monoisotopic (exact) mass is 463 g/mol. The molecule has 0 aliphatic heterocycles. The number of hydrogen-bond donors (Lipinski definition) is 4. The van der Waals surface area contributed by atoms with Gasteiger partial charge in [-0.05, 0) is 36.0 Å². The van der Waals surface area contributed by atoms with Gasteiger partial charge in [-0.3, -0.25) is 9.36 Å². The van der Waals surface area contributed by atoms with Crippen molar-refractivity contribution in [1.82, 2.24) is 10.3 Å². The van der Waals surface area contributed by atoms with Crippen molar-refractivity contribution >= 4 is 25.2 Å². The quantitative estimate of drug-likeness (QED) is 0.371. The number of rotatable bonds is 11. The minimum absolute atomic E-state index is 0.0758. The predicted octanol–water partition coefficient (Wildman–Crippen LogP) is 3.05. The first-order valence-corrected chi connectivity index (χ1v) is 12.3. The van der Waals surface area contributed by atoms with Gasteiger partial charge < -0.3 is 25.8 Å². The molecule has 3 unspecified atom stereocenters. The smallest absolute Gasteiger partial charge is 0.407 e. The van der Waals surface area contributed by atoms with Gasteiger partial charge in [0.25, 0.3) is 0 Å². The van der Waals surface area contributed by atoms with Crippen molar-refractivity contribution < 1.29 is 28.9 Å². The molecule has 9 nitrogen and oxygen atoms in total. The summed E-state index contributed by atoms with van der Waals surface area (Å²) in [5, 5.41) is 12.1. The van der Waals surface area contributed by atoms with Crippen LogP contribution in [-0.4, -0.2) is 45.9 Å². The zero-order valence-corrected chi connectivity index (χ0v) is 19.1. The topological polar surface area (TPSA) is 152 Å². The maximum Gasteiger partial charge on any atom is 0.407 e. The molecular formula is C22H30N3O6P. The Kier molecular flexibility index (Phi) is 9.23. The molecule has 0 aliphatic rings. The Morgan fingerprint density at radius 1 is 1.22 bits per heavy atom. The number of nitrogens with one attached hydrogen (secondary N) is 1. The second-order valence-corrected chi connectivity index (χ2v) is 10.5. The maximum absolute atomic E-state index is 12.7. The van der Waals surface area contributed by atoms with Crippen LogP contribution in [-0.2, 0) is 27.1 Å². The lowest BCUT2D eigenvalue weighted by atomic mass is 10.0. The van der Waals surface area contributed by atoms with Gasteiger partial charge in [-0.15, -0.1) is 0 Å². The maximum atomic E-state index is 12.7. The van der Waals surface area contributed by atoms with E-state index < -0.39 is 25.3 Å². The fraction of sp³-hybridized carbons (Fsp3) is 0.409. The van der Waals surface area contributed by atoms with Gasteiger partial charge in [0.05, 0.1) is 5.92 Å². The third kappa shape index (κ3) is 8.69. The van der Waals surface area contributed by atoms with Gasteiger partial charge in [0, 0.05) is 25.1 Å². The number of carboxylic acids is 1. The highest BCUT2D eigenvalue weighted by molar-refractivity contribution is 7.58. The van der Waals surface area contributed by atoms with Gasteiger partial charge in [0.15, 0.2) is 0 Å². The van der Waals surface area contributed by atoms with Gasteiger partial charge >= 0.3 is 12.1 Å². The Morgan fingerprint density at radius 3 is 2.53 bits per heavy atom. The molecule has 1 aromatic carbocycles. The second-order valence-electron chi connectivity index (χ2n) is 8.04. The summed E-state index contributed by atoms with van der Waals surface area (Å²) in [5.41, 5.74) is 7.89. The van der Waals surface area contributed by atoms with Gasteiger partial charge in [-0.2, -0.15) is 0 Å². The molecule has 2 aromatic rings. The molecule has 1 heterocycles. The minimum Gasteiger partial charge on any atom is -0.481 e. The first kappa shape index (κ1) is 25.4. The van der Waals surface area contributed by atoms with E-state index in [1.54, 1.807) is 19.9 Å². The van der Waals surface area contributed by atoms with Gasteiger partial charge in [-0.25, -0.2) is 9.78 Å². The first-order chi connectivity index (χ1) is 15.1. The third-order valence-corrected chi connectivity index (χ3v) is 7.12. The molecule has 5 N–H and O–H groups in total. The summed E-state index contributed by atoms with van der Waals surface area (Å²) in [6.07, 6.45) is 0.451. The summed E-state index contributed by atoms with van der Waals surface area (Å²) in [5.74, 6) is -2.17. The van der Waals surface area contributed by atoms with Crippen molar-refractivity contribution in [1.29, 1.82) is 0 Å². The molecule has 1 aromatic heterocycles. The van der Waals surface area contributed by atoms with Crippen molar-refractivity contribution in [3.63, 3.8) is 0 Å². The van der Waals surface area contributed by atoms with Crippen LogP contribution in [0.1, 0.15) is 23.6 Å². The van der Waals surface area contributed by atoms with E-state index in [1.165, 1.54) is 6.20 Å². The zero-order chi connectivity index (χ0) is 23.7. The number of nitrogen functional groups attached to an aromatic ring is 1. The highest BCUT2D eigenvalue weighted by Gasteiger charge is 2.30. The molecule has 0 saturated carbocycles. The fourth-order valence-corrected chi connectivity index (χ4v) is 5.50. The number of aryl methyl sites for hydroxylation is 1. The van der Waals surface area contributed by atoms with Crippen LogP contribution in [0, 0.1) is 18.8 Å². The largest absolute Gasteiger partial charge is 0.481 e. The van der Waals surface area contributed by atoms with Gasteiger partial charge in [-0.1, -0.05) is 43.3 Å². The number of anilines is 1. The summed E-state index contributed by atoms with van der Waals surface area (Å²) >= 11 is 0. The number of carboxylic acid groups (broad SMARTS) is 1. The highest BCUT2D eigenvalue weighted by Crippen LogP contribution is 2.45. The number of nitrogens with two attached hydrogens (primary N) is 1. The fourth-order valence-electron chi connectivity index (χ4n) is 3.27. The Hall–Kier alpha value is -2.90. The summed E-state index contributed by atoms with van der Waals surface area (Å²) < 4.78 is 17.8. The number of carbonyl (C=O) groups is 2. The van der Waals surface area contributed by atoms with Crippen LogP contribution in [0.2, 0.25) is 0 Å². The number of benzene rings is 1. The molecule has 1 amide bonds. The first-order valence-electron chi connectivity index (χ1n) is 10.2. The van der Waals surface area contributed by atoms with Crippen LogP contribution in [0.5, 0.6) is 0 Å². The number of alkyl carbamates (subject to hydrolysis) is 1. The molecule has 3 atom stereocenters. The molecular weight excluding hydrogens is 433 g/mol. The lowest BCUT2D eigenvalue weighted by Crippen LogP contribution is -2.30. The van der Waals surface area contributed by atoms with Crippen LogP contribution >= 0.6 is 7.37 Å². The van der Waals surface area contributed by atoms with E-state index in [1.807, 2.05) is 30.3 Å². The molecule has 0 saturated heterocycles. The number of carbonyl (C=O) groups excluding carboxylic acids is 1. The van der Waals surface area contributed by atoms with E-state index in [-0.39, 0.29) is 37.8 Å². The van der Waals surface area contributed by atoms with Crippen molar-refractivity contribution in [2.75, 3.05) is 24.6 Å². The predicted molar refractivity (Wildman–Crippen MR) is 122 cm³/mol. The molecule has 0 aliphatic carbocycles. The van der Waals surface area contributed by atoms with Crippen LogP contribution < -0.4 is 11.1 Å². The highest BCUT2D eigenvalue weighted by atomic mass is 31.2. The lowest BCUT2D eigenvalue weighted by Gasteiger charge is -2.21. The van der Waals surface area contributed by atoms with E-state index >= 15 is 0 Å². The molecule has 0 spiro atoms. The van der Waals surface area contributed by atoms with E-state index in [0.717, 1.165) is 11.1 Å². The standard InChI is InChI=1S/C22H30N3O6P/c1-15(10-25-22(28)31-12-17-6-4-3-5-7-17)13-32(29,30)14-19(21(26)27)9-18-8-16(2)20(23)24-11-18/h3-8,11,15,19H,9-10,12-14H2,1-2H3,(H2,23,24)(H,25,28)(H,26,27)(H,29,30). The van der Waals surface area contributed by atoms with Crippen molar-refractivity contribution in [3.05, 3.63) is 59.3 Å². The number of nitrogens with zero attached hydrogens (tertiary/aromatic N) is 1. The summed E-state index contributed by atoms with van der Waals surface area (Å²) in [7, 11) is -3.76. The lowest BCUT2D eigenvalue weighted by molar-refractivity contribution is -0.141. The van der Waals surface area contributed by atoms with E-state index in [9.17, 15) is 24.2 Å². The van der Waals surface area contributed by atoms with Crippen molar-refractivity contribution in [3.8, 4) is 0 Å². The number of hydrogen-bond acceptors (Lipinski definition) is 6. The number of aliphatic carboxylic acids is 1. The molecule has 0 radical (unpaired) electrons. The molecule has 2 rings (SSSR count). The Morgan fingerprint density at radius 2 is 1.91 bits per heavy atom. The average molecular weight is 463 g/mol. The number of amides is 1. The summed E-state index contributed by atoms with van der Waals surface area (Å²) in [6, 6.07) is 10.9.